The Bertz CT molecular complexity index is 2340. The number of rotatable bonds is 14. The van der Waals surface area contributed by atoms with Gasteiger partial charge in [-0.2, -0.15) is 0 Å². The smallest absolute Gasteiger partial charge is 0.243 e. The van der Waals surface area contributed by atoms with Crippen LogP contribution in [0.5, 0.6) is 0 Å². The van der Waals surface area contributed by atoms with E-state index in [1.54, 1.807) is 42.6 Å². The third-order valence-corrected chi connectivity index (χ3v) is 10.7. The van der Waals surface area contributed by atoms with Crippen molar-refractivity contribution < 1.29 is 47.9 Å². The van der Waals surface area contributed by atoms with Gasteiger partial charge in [-0.05, 0) is 55.8 Å². The van der Waals surface area contributed by atoms with E-state index in [4.69, 9.17) is 28.7 Å². The summed E-state index contributed by atoms with van der Waals surface area (Å²) in [6, 6.07) is 8.74. The van der Waals surface area contributed by atoms with Crippen LogP contribution in [0.2, 0.25) is 0 Å². The number of carbonyl (C=O) groups is 10. The molecule has 0 radical (unpaired) electrons. The predicted octanol–water partition coefficient (Wildman–Crippen LogP) is -2.90. The van der Waals surface area contributed by atoms with Crippen LogP contribution in [0.15, 0.2) is 65.8 Å². The van der Waals surface area contributed by atoms with Gasteiger partial charge in [0.2, 0.25) is 59.1 Å². The first-order chi connectivity index (χ1) is 34.8. The van der Waals surface area contributed by atoms with Crippen LogP contribution in [0.25, 0.3) is 10.9 Å². The number of fused-ring (bicyclic) bond motifs is 1. The second kappa shape index (κ2) is 33.5. The minimum Gasteiger partial charge on any atom is -0.370 e. The number of primary amides is 2. The fraction of sp³-hybridized carbons (Fsp3) is 0.479. The topological polar surface area (TPSA) is 425 Å². The number of nitrogens with one attached hydrogen (secondary N) is 9. The number of H-pyrrole nitrogens is 1. The number of nitrogens with two attached hydrogens (primary N) is 5. The molecule has 3 aromatic rings. The minimum atomic E-state index is -1.64. The van der Waals surface area contributed by atoms with Gasteiger partial charge in [-0.25, -0.2) is 0 Å². The number of benzene rings is 2. The molecule has 1 fully saturated rings. The number of hydrogen-bond donors (Lipinski definition) is 14. The van der Waals surface area contributed by atoms with Crippen LogP contribution >= 0.6 is 0 Å². The van der Waals surface area contributed by atoms with Crippen LogP contribution in [0, 0.1) is 0 Å². The second-order valence-corrected chi connectivity index (χ2v) is 16.9. The molecule has 2 aromatic carbocycles. The number of aromatic nitrogens is 1. The molecule has 0 spiro atoms. The molecule has 4 rings (SSSR count). The average Bonchev–Trinajstić information content (AvgIpc) is 3.76. The monoisotopic (exact) mass is 1020 g/mol. The molecule has 19 N–H and O–H groups in total. The zero-order valence-electron chi connectivity index (χ0n) is 41.7. The molecule has 1 aromatic heterocycles. The molecular formula is C48H73N15O10. The third-order valence-electron chi connectivity index (χ3n) is 10.7. The van der Waals surface area contributed by atoms with Crippen molar-refractivity contribution in [3.63, 3.8) is 0 Å². The molecule has 25 nitrogen and oxygen atoms in total. The number of para-hydroxylation sites is 1. The number of amides is 10. The highest BCUT2D eigenvalue weighted by Gasteiger charge is 2.32. The molecule has 25 heteroatoms. The molecule has 0 bridgehead atoms. The SMILES string of the molecule is CC(=O)NCC(=O)NC1CCCNC(=O)CCC(C(N)=O)NC(=O)[C@H](Cc2c[nH]c3ccccc23)NC(=O)CNC(=O)C(Cc2ccccc2)NC(=O)[C@H](CC(N)=O)NC1=O.CCCCN=C(N)N.CCCN. The Morgan fingerprint density at radius 1 is 0.726 bits per heavy atom. The van der Waals surface area contributed by atoms with Gasteiger partial charge in [0.05, 0.1) is 19.5 Å². The molecule has 0 saturated carbocycles. The fourth-order valence-corrected chi connectivity index (χ4v) is 6.82. The lowest BCUT2D eigenvalue weighted by Gasteiger charge is -2.25. The molecule has 10 amide bonds. The number of aromatic amines is 1. The van der Waals surface area contributed by atoms with Gasteiger partial charge in [-0.1, -0.05) is 68.8 Å². The van der Waals surface area contributed by atoms with Gasteiger partial charge in [0, 0.05) is 56.4 Å². The van der Waals surface area contributed by atoms with Gasteiger partial charge in [0.1, 0.15) is 30.2 Å². The Hall–Kier alpha value is -8.09. The highest BCUT2D eigenvalue weighted by atomic mass is 16.2. The summed E-state index contributed by atoms with van der Waals surface area (Å²) in [7, 11) is 0. The lowest BCUT2D eigenvalue weighted by molar-refractivity contribution is -0.135. The molecule has 73 heavy (non-hydrogen) atoms. The van der Waals surface area contributed by atoms with Crippen molar-refractivity contribution in [1.82, 2.24) is 47.5 Å². The van der Waals surface area contributed by atoms with Crippen LogP contribution in [0.3, 0.4) is 0 Å². The molecule has 1 aliphatic heterocycles. The molecule has 2 heterocycles. The average molecular weight is 1020 g/mol. The Balaban J connectivity index is 0.00000135. The van der Waals surface area contributed by atoms with E-state index in [0.717, 1.165) is 43.3 Å². The van der Waals surface area contributed by atoms with Gasteiger partial charge in [0.25, 0.3) is 0 Å². The van der Waals surface area contributed by atoms with Gasteiger partial charge in [-0.15, -0.1) is 0 Å². The fourth-order valence-electron chi connectivity index (χ4n) is 6.82. The van der Waals surface area contributed by atoms with Gasteiger partial charge in [0.15, 0.2) is 5.96 Å². The van der Waals surface area contributed by atoms with E-state index in [9.17, 15) is 47.9 Å². The first-order valence-corrected chi connectivity index (χ1v) is 24.0. The second-order valence-electron chi connectivity index (χ2n) is 16.9. The van der Waals surface area contributed by atoms with Gasteiger partial charge < -0.3 is 76.2 Å². The Morgan fingerprint density at radius 2 is 1.37 bits per heavy atom. The zero-order valence-corrected chi connectivity index (χ0v) is 41.7. The summed E-state index contributed by atoms with van der Waals surface area (Å²) in [4.78, 5) is 137. The third kappa shape index (κ3) is 24.5. The summed E-state index contributed by atoms with van der Waals surface area (Å²) in [5, 5.41) is 20.7. The first-order valence-electron chi connectivity index (χ1n) is 24.0. The van der Waals surface area contributed by atoms with E-state index in [2.05, 4.69) is 66.4 Å². The molecule has 0 aliphatic carbocycles. The van der Waals surface area contributed by atoms with Gasteiger partial charge in [-0.3, -0.25) is 52.9 Å². The van der Waals surface area contributed by atoms with Crippen molar-refractivity contribution in [2.24, 2.45) is 33.7 Å². The van der Waals surface area contributed by atoms with E-state index in [1.165, 1.54) is 6.92 Å². The van der Waals surface area contributed by atoms with Crippen molar-refractivity contribution in [2.75, 3.05) is 32.7 Å². The van der Waals surface area contributed by atoms with E-state index in [1.807, 2.05) is 18.2 Å². The predicted molar refractivity (Wildman–Crippen MR) is 273 cm³/mol. The summed E-state index contributed by atoms with van der Waals surface area (Å²) in [5.74, 6) is -7.96. The lowest BCUT2D eigenvalue weighted by atomic mass is 10.0. The maximum Gasteiger partial charge on any atom is 0.243 e. The van der Waals surface area contributed by atoms with Gasteiger partial charge >= 0.3 is 0 Å². The molecular weight excluding hydrogens is 947 g/mol. The zero-order chi connectivity index (χ0) is 54.3. The number of guanidine groups is 1. The Kier molecular flexibility index (Phi) is 28.0. The molecule has 5 atom stereocenters. The molecule has 1 aliphatic rings. The van der Waals surface area contributed by atoms with Crippen LogP contribution < -0.4 is 71.2 Å². The van der Waals surface area contributed by atoms with E-state index in [0.29, 0.717) is 11.1 Å². The van der Waals surface area contributed by atoms with Crippen molar-refractivity contribution in [3.8, 4) is 0 Å². The molecule has 1 saturated heterocycles. The van der Waals surface area contributed by atoms with Crippen LogP contribution in [-0.2, 0) is 60.8 Å². The molecule has 3 unspecified atom stereocenters. The van der Waals surface area contributed by atoms with Crippen molar-refractivity contribution in [2.45, 2.75) is 115 Å². The lowest BCUT2D eigenvalue weighted by Crippen LogP contribution is -2.59. The number of nitrogens with zero attached hydrogens (tertiary/aromatic N) is 1. The van der Waals surface area contributed by atoms with Crippen LogP contribution in [0.4, 0.5) is 0 Å². The van der Waals surface area contributed by atoms with Crippen molar-refractivity contribution in [1.29, 1.82) is 0 Å². The summed E-state index contributed by atoms with van der Waals surface area (Å²) in [5.41, 5.74) is 28.2. The van der Waals surface area contributed by atoms with Crippen molar-refractivity contribution in [3.05, 3.63) is 71.9 Å². The maximum absolute atomic E-state index is 13.8. The minimum absolute atomic E-state index is 0.0298. The summed E-state index contributed by atoms with van der Waals surface area (Å²) >= 11 is 0. The number of hydrogen-bond acceptors (Lipinski definition) is 12. The highest BCUT2D eigenvalue weighted by Crippen LogP contribution is 2.19. The van der Waals surface area contributed by atoms with Crippen LogP contribution in [-0.4, -0.2) is 133 Å². The van der Waals surface area contributed by atoms with Crippen molar-refractivity contribution >= 4 is 75.9 Å². The van der Waals surface area contributed by atoms with E-state index in [-0.39, 0.29) is 51.0 Å². The Morgan fingerprint density at radius 3 is 2.00 bits per heavy atom. The van der Waals surface area contributed by atoms with E-state index < -0.39 is 109 Å². The highest BCUT2D eigenvalue weighted by molar-refractivity contribution is 5.98. The first kappa shape index (κ1) is 61.0. The van der Waals surface area contributed by atoms with Crippen LogP contribution in [0.1, 0.15) is 83.3 Å². The standard InChI is InChI=1S/C40H51N11O10.C5H13N3.C3H9N/c1-22(52)44-20-34(55)47-28-12-7-15-43-33(54)14-13-27(36(42)57)49-39(60)30(17-24-19-45-26-11-6-5-10-25(24)26)48-35(56)21-46-37(58)29(16-23-8-3-2-4-9-23)50-40(61)31(18-32(41)53)51-38(28)59;1-2-3-4-8-5(6)7;1-2-3-4/h2-6,8-11,19,27-31,45H,7,12-18,20-21H2,1H3,(H2,41,53)(H2,42,57)(H,43,54)(H,44,52)(H,46,58)(H,47,55)(H,48,56)(H,49,60)(H,50,61)(H,51,59);2-4H2,1H3,(H4,6,7,8);2-4H2,1H3/t27?,28?,29?,30-,31-;;/m0../s1. The largest absolute Gasteiger partial charge is 0.370 e. The Labute approximate surface area is 423 Å². The summed E-state index contributed by atoms with van der Waals surface area (Å²) in [6.45, 7) is 5.72. The summed E-state index contributed by atoms with van der Waals surface area (Å²) in [6.07, 6.45) is 3.57. The number of aliphatic imine (C=N–C) groups is 1. The summed E-state index contributed by atoms with van der Waals surface area (Å²) < 4.78 is 0. The maximum atomic E-state index is 13.8. The molecule has 400 valence electrons. The normalized spacial score (nSPS) is 19.4. The number of carbonyl (C=O) groups excluding carboxylic acids is 10. The van der Waals surface area contributed by atoms with E-state index >= 15 is 0 Å². The number of unbranched alkanes of at least 4 members (excludes halogenated alkanes) is 1. The quantitative estimate of drug-likeness (QED) is 0.0438.